The first-order chi connectivity index (χ1) is 36.7. The highest BCUT2D eigenvalue weighted by Crippen LogP contribution is 2.43. The van der Waals surface area contributed by atoms with Crippen LogP contribution >= 0.6 is 0 Å². The van der Waals surface area contributed by atoms with Crippen molar-refractivity contribution in [1.29, 1.82) is 0 Å². The van der Waals surface area contributed by atoms with Crippen LogP contribution in [-0.2, 0) is 27.4 Å². The number of ketones is 2. The average molecular weight is 1080 g/mol. The van der Waals surface area contributed by atoms with Crippen molar-refractivity contribution in [3.05, 3.63) is 131 Å². The van der Waals surface area contributed by atoms with Gasteiger partial charge in [-0.2, -0.15) is 13.2 Å². The maximum absolute atomic E-state index is 13.7. The van der Waals surface area contributed by atoms with Crippen molar-refractivity contribution in [2.24, 2.45) is 16.6 Å². The predicted molar refractivity (Wildman–Crippen MR) is 288 cm³/mol. The molecule has 4 aromatic rings. The molecule has 418 valence electrons. The van der Waals surface area contributed by atoms with Gasteiger partial charge in [0.05, 0.1) is 26.2 Å². The Morgan fingerprint density at radius 2 is 0.872 bits per heavy atom. The number of benzene rings is 4. The van der Waals surface area contributed by atoms with Gasteiger partial charge in [0.15, 0.2) is 11.6 Å². The lowest BCUT2D eigenvalue weighted by Gasteiger charge is -2.53. The third kappa shape index (κ3) is 15.2. The zero-order chi connectivity index (χ0) is 56.6. The van der Waals surface area contributed by atoms with E-state index >= 15 is 0 Å². The fourth-order valence-electron chi connectivity index (χ4n) is 9.95. The second-order valence-electron chi connectivity index (χ2n) is 22.7. The van der Waals surface area contributed by atoms with Crippen LogP contribution < -0.4 is 20.9 Å². The number of hydrogen-bond donors (Lipinski definition) is 2. The van der Waals surface area contributed by atoms with Crippen LogP contribution in [0.5, 0.6) is 0 Å². The molecule has 4 aromatic carbocycles. The molecule has 0 bridgehead atoms. The normalized spacial score (nSPS) is 16.6. The number of piperidine rings is 2. The number of carbonyl (C=O) groups excluding carboxylic acids is 7. The molecule has 8 rings (SSSR count). The summed E-state index contributed by atoms with van der Waals surface area (Å²) >= 11 is 0. The number of carbonyl (C=O) groups is 7. The third-order valence-electron chi connectivity index (χ3n) is 14.3. The van der Waals surface area contributed by atoms with Crippen LogP contribution in [0.1, 0.15) is 99.1 Å². The molecular formula is C58H71F3N8O9. The van der Waals surface area contributed by atoms with Gasteiger partial charge in [-0.05, 0) is 103 Å². The summed E-state index contributed by atoms with van der Waals surface area (Å²) in [4.78, 5) is 97.8. The van der Waals surface area contributed by atoms with E-state index in [4.69, 9.17) is 15.2 Å². The number of Topliss-reactive ketones (excluding diaryl/α,β-unsaturated/α-hetero) is 2. The van der Waals surface area contributed by atoms with Gasteiger partial charge in [-0.15, -0.1) is 0 Å². The van der Waals surface area contributed by atoms with Gasteiger partial charge in [0.25, 0.3) is 0 Å². The fourth-order valence-corrected chi connectivity index (χ4v) is 9.95. The molecule has 4 aliphatic rings. The number of rotatable bonds is 11. The Bertz CT molecular complexity index is 2750. The maximum atomic E-state index is 13.7. The molecule has 4 fully saturated rings. The summed E-state index contributed by atoms with van der Waals surface area (Å²) in [5.41, 5.74) is 8.32. The zero-order valence-corrected chi connectivity index (χ0v) is 45.3. The van der Waals surface area contributed by atoms with Gasteiger partial charge < -0.3 is 40.1 Å². The molecule has 78 heavy (non-hydrogen) atoms. The second-order valence-corrected chi connectivity index (χ2v) is 22.7. The standard InChI is InChI=1S/C30H35F3N4O5.C28H36N4O4/c1-28(2,3)42-27(41)36-19-29(20-36)13-15-35(16-14-29)26(40)37(23-7-5-4-6-8-23)18-21-9-11-22(12-10-21)24(38)17-34-25(39)30(31,32)33;1-27(2,3)36-26(35)31-19-28(20-31)13-15-30(16-14-28)25(34)32(23-7-5-4-6-8-23)18-21-9-11-22(12-10-21)24(33)17-29/h4-12H,13-20H2,1-3H3,(H,34,39);4-12H,13-20,29H2,1-3H3. The molecule has 4 aliphatic heterocycles. The van der Waals surface area contributed by atoms with E-state index in [9.17, 15) is 46.7 Å². The molecular weight excluding hydrogens is 1010 g/mol. The van der Waals surface area contributed by atoms with Crippen molar-refractivity contribution in [3.63, 3.8) is 0 Å². The van der Waals surface area contributed by atoms with E-state index in [0.717, 1.165) is 36.9 Å². The van der Waals surface area contributed by atoms with Crippen LogP contribution in [0.15, 0.2) is 109 Å². The Kier molecular flexibility index (Phi) is 17.9. The summed E-state index contributed by atoms with van der Waals surface area (Å²) < 4.78 is 48.1. The Morgan fingerprint density at radius 3 is 1.19 bits per heavy atom. The number of likely N-dealkylation sites (tertiary alicyclic amines) is 4. The van der Waals surface area contributed by atoms with Gasteiger partial charge in [-0.1, -0.05) is 84.9 Å². The third-order valence-corrected chi connectivity index (χ3v) is 14.3. The van der Waals surface area contributed by atoms with Gasteiger partial charge in [0, 0.05) is 85.7 Å². The number of nitrogens with one attached hydrogen (secondary N) is 1. The average Bonchev–Trinajstić information content (AvgIpc) is 3.44. The Hall–Kier alpha value is -7.48. The summed E-state index contributed by atoms with van der Waals surface area (Å²) in [5, 5.41) is 1.57. The Labute approximate surface area is 453 Å². The monoisotopic (exact) mass is 1080 g/mol. The molecule has 0 atom stereocenters. The number of anilines is 2. The van der Waals surface area contributed by atoms with Crippen molar-refractivity contribution >= 4 is 53.1 Å². The van der Waals surface area contributed by atoms with Crippen LogP contribution in [0.4, 0.5) is 43.7 Å². The maximum Gasteiger partial charge on any atom is 0.471 e. The number of halogens is 3. The molecule has 7 amide bonds. The summed E-state index contributed by atoms with van der Waals surface area (Å²) in [6.07, 6.45) is -2.40. The molecule has 4 heterocycles. The molecule has 3 N–H and O–H groups in total. The first-order valence-electron chi connectivity index (χ1n) is 26.2. The van der Waals surface area contributed by atoms with Crippen LogP contribution in [0.3, 0.4) is 0 Å². The molecule has 0 aliphatic carbocycles. The predicted octanol–water partition coefficient (Wildman–Crippen LogP) is 9.29. The van der Waals surface area contributed by atoms with E-state index in [1.165, 1.54) is 12.1 Å². The molecule has 0 aromatic heterocycles. The zero-order valence-electron chi connectivity index (χ0n) is 45.3. The number of ether oxygens (including phenoxy) is 2. The lowest BCUT2D eigenvalue weighted by atomic mass is 9.72. The van der Waals surface area contributed by atoms with Crippen molar-refractivity contribution in [2.45, 2.75) is 97.7 Å². The van der Waals surface area contributed by atoms with E-state index in [1.54, 1.807) is 54.1 Å². The summed E-state index contributed by atoms with van der Waals surface area (Å²) in [7, 11) is 0. The lowest BCUT2D eigenvalue weighted by molar-refractivity contribution is -0.173. The van der Waals surface area contributed by atoms with Crippen molar-refractivity contribution in [1.82, 2.24) is 24.9 Å². The van der Waals surface area contributed by atoms with E-state index in [0.29, 0.717) is 75.7 Å². The second kappa shape index (κ2) is 24.0. The minimum absolute atomic E-state index is 0.0206. The molecule has 20 heteroatoms. The minimum atomic E-state index is -5.06. The van der Waals surface area contributed by atoms with E-state index < -0.39 is 35.6 Å². The van der Waals surface area contributed by atoms with Gasteiger partial charge in [0.1, 0.15) is 11.2 Å². The van der Waals surface area contributed by atoms with Gasteiger partial charge >= 0.3 is 36.3 Å². The SMILES string of the molecule is CC(C)(C)OC(=O)N1CC2(CCN(C(=O)N(Cc3ccc(C(=O)CN)cc3)c3ccccc3)CC2)C1.CC(C)(C)OC(=O)N1CC2(CCN(C(=O)N(Cc3ccc(C(=O)CNC(=O)C(F)(F)F)cc3)c3ccccc3)CC2)C1. The summed E-state index contributed by atoms with van der Waals surface area (Å²) in [5.74, 6) is -2.95. The lowest BCUT2D eigenvalue weighted by Crippen LogP contribution is -2.63. The molecule has 2 spiro atoms. The van der Waals surface area contributed by atoms with E-state index in [1.807, 2.05) is 119 Å². The molecule has 17 nitrogen and oxygen atoms in total. The highest BCUT2D eigenvalue weighted by molar-refractivity contribution is 6.00. The number of para-hydroxylation sites is 2. The van der Waals surface area contributed by atoms with Crippen molar-refractivity contribution in [3.8, 4) is 0 Å². The largest absolute Gasteiger partial charge is 0.471 e. The first-order valence-corrected chi connectivity index (χ1v) is 26.2. The topological polar surface area (TPSA) is 195 Å². The minimum Gasteiger partial charge on any atom is -0.444 e. The number of nitrogens with zero attached hydrogens (tertiary/aromatic N) is 6. The van der Waals surface area contributed by atoms with Gasteiger partial charge in [-0.3, -0.25) is 24.2 Å². The number of hydrogen-bond acceptors (Lipinski definition) is 10. The quantitative estimate of drug-likeness (QED) is 0.137. The summed E-state index contributed by atoms with van der Waals surface area (Å²) in [6.45, 7) is 15.9. The highest BCUT2D eigenvalue weighted by Gasteiger charge is 2.50. The van der Waals surface area contributed by atoms with Crippen molar-refractivity contribution in [2.75, 3.05) is 75.2 Å². The highest BCUT2D eigenvalue weighted by atomic mass is 19.4. The Balaban J connectivity index is 0.000000229. The van der Waals surface area contributed by atoms with Gasteiger partial charge in [0.2, 0.25) is 0 Å². The number of amides is 7. The van der Waals surface area contributed by atoms with Crippen molar-refractivity contribution < 1.29 is 56.2 Å². The van der Waals surface area contributed by atoms with Crippen LogP contribution in [0, 0.1) is 10.8 Å². The molecule has 0 saturated carbocycles. The molecule has 0 radical (unpaired) electrons. The number of nitrogens with two attached hydrogens (primary N) is 1. The molecule has 0 unspecified atom stereocenters. The van der Waals surface area contributed by atoms with Crippen LogP contribution in [-0.4, -0.2) is 144 Å². The van der Waals surface area contributed by atoms with Crippen LogP contribution in [0.25, 0.3) is 0 Å². The molecule has 4 saturated heterocycles. The Morgan fingerprint density at radius 1 is 0.526 bits per heavy atom. The first kappa shape index (κ1) is 58.2. The van der Waals surface area contributed by atoms with Crippen LogP contribution in [0.2, 0.25) is 0 Å². The number of alkyl halides is 3. The smallest absolute Gasteiger partial charge is 0.444 e. The fraction of sp³-hybridized carbons (Fsp3) is 0.466. The van der Waals surface area contributed by atoms with E-state index in [-0.39, 0.29) is 59.5 Å². The van der Waals surface area contributed by atoms with Gasteiger partial charge in [-0.25, -0.2) is 19.2 Å². The summed E-state index contributed by atoms with van der Waals surface area (Å²) in [6, 6.07) is 32.0. The van der Waals surface area contributed by atoms with E-state index in [2.05, 4.69) is 0 Å². The number of urea groups is 2.